The number of hydrogen-bond acceptors (Lipinski definition) is 4. The zero-order chi connectivity index (χ0) is 15.1. The summed E-state index contributed by atoms with van der Waals surface area (Å²) in [5, 5.41) is 14.2. The van der Waals surface area contributed by atoms with Gasteiger partial charge in [0.1, 0.15) is 0 Å². The van der Waals surface area contributed by atoms with Crippen LogP contribution >= 0.6 is 0 Å². The Morgan fingerprint density at radius 1 is 1.48 bits per heavy atom. The van der Waals surface area contributed by atoms with E-state index in [1.54, 1.807) is 12.1 Å². The van der Waals surface area contributed by atoms with Gasteiger partial charge in [0, 0.05) is 24.7 Å². The Balaban J connectivity index is 1.88. The molecule has 0 unspecified atom stereocenters. The minimum absolute atomic E-state index is 0.112. The predicted molar refractivity (Wildman–Crippen MR) is 75.0 cm³/mol. The fourth-order valence-electron chi connectivity index (χ4n) is 1.84. The van der Waals surface area contributed by atoms with Crippen LogP contribution in [0.5, 0.6) is 5.75 Å². The van der Waals surface area contributed by atoms with Crippen molar-refractivity contribution in [3.8, 4) is 11.8 Å². The number of nitrogens with one attached hydrogen (secondary N) is 2. The van der Waals surface area contributed by atoms with Crippen LogP contribution in [0, 0.1) is 17.1 Å². The molecule has 21 heavy (non-hydrogen) atoms. The minimum atomic E-state index is -0.477. The van der Waals surface area contributed by atoms with Crippen LogP contribution < -0.4 is 15.4 Å². The molecule has 0 saturated heterocycles. The van der Waals surface area contributed by atoms with E-state index in [9.17, 15) is 9.18 Å². The number of rotatable bonds is 8. The predicted octanol–water partition coefficient (Wildman–Crippen LogP) is 1.49. The summed E-state index contributed by atoms with van der Waals surface area (Å²) in [6.45, 7) is 0.530. The number of nitrogens with zero attached hydrogens (tertiary/aromatic N) is 1. The molecule has 2 rings (SSSR count). The first-order chi connectivity index (χ1) is 10.2. The monoisotopic (exact) mass is 291 g/mol. The van der Waals surface area contributed by atoms with Crippen LogP contribution in [0.2, 0.25) is 0 Å². The Morgan fingerprint density at radius 3 is 3.00 bits per heavy atom. The number of carbonyl (C=O) groups is 1. The topological polar surface area (TPSA) is 74.2 Å². The third kappa shape index (κ3) is 5.04. The number of hydrogen-bond donors (Lipinski definition) is 2. The SMILES string of the molecule is N#CCCNC(=O)COc1c(F)cccc1CNC1CC1. The first kappa shape index (κ1) is 15.3. The molecular formula is C15H18FN3O2. The molecule has 0 aromatic heterocycles. The highest BCUT2D eigenvalue weighted by Gasteiger charge is 2.21. The molecule has 6 heteroatoms. The van der Waals surface area contributed by atoms with E-state index in [1.807, 2.05) is 6.07 Å². The summed E-state index contributed by atoms with van der Waals surface area (Å²) < 4.78 is 19.1. The van der Waals surface area contributed by atoms with Crippen molar-refractivity contribution < 1.29 is 13.9 Å². The van der Waals surface area contributed by atoms with Gasteiger partial charge in [-0.15, -0.1) is 0 Å². The maximum Gasteiger partial charge on any atom is 0.257 e. The molecule has 0 atom stereocenters. The number of nitriles is 1. The Bertz CT molecular complexity index is 538. The van der Waals surface area contributed by atoms with Gasteiger partial charge in [0.05, 0.1) is 12.5 Å². The van der Waals surface area contributed by atoms with Crippen LogP contribution in [-0.4, -0.2) is 25.1 Å². The molecule has 1 aliphatic rings. The van der Waals surface area contributed by atoms with Gasteiger partial charge in [-0.25, -0.2) is 4.39 Å². The fraction of sp³-hybridized carbons (Fsp3) is 0.467. The standard InChI is InChI=1S/C15H18FN3O2/c16-13-4-1-3-11(9-19-12-5-6-12)15(13)21-10-14(20)18-8-2-7-17/h1,3-4,12,19H,2,5-6,8-10H2,(H,18,20). The molecule has 5 nitrogen and oxygen atoms in total. The van der Waals surface area contributed by atoms with Gasteiger partial charge in [-0.1, -0.05) is 12.1 Å². The average molecular weight is 291 g/mol. The Labute approximate surface area is 123 Å². The van der Waals surface area contributed by atoms with Crippen LogP contribution in [-0.2, 0) is 11.3 Å². The molecular weight excluding hydrogens is 273 g/mol. The van der Waals surface area contributed by atoms with Crippen molar-refractivity contribution in [2.45, 2.75) is 31.8 Å². The molecule has 1 fully saturated rings. The molecule has 1 aromatic carbocycles. The summed E-state index contributed by atoms with van der Waals surface area (Å²) in [4.78, 5) is 11.5. The summed E-state index contributed by atoms with van der Waals surface area (Å²) >= 11 is 0. The lowest BCUT2D eigenvalue weighted by atomic mass is 10.2. The number of para-hydroxylation sites is 1. The van der Waals surface area contributed by atoms with Crippen LogP contribution in [0.1, 0.15) is 24.8 Å². The molecule has 0 heterocycles. The van der Waals surface area contributed by atoms with E-state index in [0.29, 0.717) is 18.2 Å². The Kier molecular flexibility index (Phi) is 5.52. The maximum atomic E-state index is 13.8. The molecule has 0 aliphatic heterocycles. The van der Waals surface area contributed by atoms with Crippen LogP contribution in [0.3, 0.4) is 0 Å². The normalized spacial score (nSPS) is 13.5. The zero-order valence-corrected chi connectivity index (χ0v) is 11.7. The second-order valence-corrected chi connectivity index (χ2v) is 4.93. The fourth-order valence-corrected chi connectivity index (χ4v) is 1.84. The minimum Gasteiger partial charge on any atom is -0.480 e. The van der Waals surface area contributed by atoms with Crippen LogP contribution in [0.4, 0.5) is 4.39 Å². The molecule has 0 radical (unpaired) electrons. The van der Waals surface area contributed by atoms with E-state index in [4.69, 9.17) is 10.00 Å². The Hall–Kier alpha value is -2.13. The smallest absolute Gasteiger partial charge is 0.257 e. The third-order valence-electron chi connectivity index (χ3n) is 3.11. The van der Waals surface area contributed by atoms with Crippen molar-refractivity contribution in [2.75, 3.05) is 13.2 Å². The van der Waals surface area contributed by atoms with Crippen LogP contribution in [0.15, 0.2) is 18.2 Å². The lowest BCUT2D eigenvalue weighted by molar-refractivity contribution is -0.123. The highest BCUT2D eigenvalue weighted by atomic mass is 19.1. The van der Waals surface area contributed by atoms with E-state index in [2.05, 4.69) is 10.6 Å². The second kappa shape index (κ2) is 7.60. The molecule has 112 valence electrons. The lowest BCUT2D eigenvalue weighted by Crippen LogP contribution is -2.30. The van der Waals surface area contributed by atoms with E-state index in [1.165, 1.54) is 6.07 Å². The molecule has 1 saturated carbocycles. The van der Waals surface area contributed by atoms with Gasteiger partial charge in [-0.2, -0.15) is 5.26 Å². The van der Waals surface area contributed by atoms with Crippen molar-refractivity contribution in [1.82, 2.24) is 10.6 Å². The van der Waals surface area contributed by atoms with E-state index in [-0.39, 0.29) is 31.2 Å². The third-order valence-corrected chi connectivity index (χ3v) is 3.11. The first-order valence-corrected chi connectivity index (χ1v) is 6.98. The molecule has 1 amide bonds. The molecule has 0 bridgehead atoms. The van der Waals surface area contributed by atoms with Gasteiger partial charge < -0.3 is 15.4 Å². The summed E-state index contributed by atoms with van der Waals surface area (Å²) in [7, 11) is 0. The second-order valence-electron chi connectivity index (χ2n) is 4.93. The number of amides is 1. The van der Waals surface area contributed by atoms with Gasteiger partial charge in [0.25, 0.3) is 5.91 Å². The van der Waals surface area contributed by atoms with Crippen molar-refractivity contribution in [1.29, 1.82) is 5.26 Å². The van der Waals surface area contributed by atoms with Gasteiger partial charge in [0.2, 0.25) is 0 Å². The van der Waals surface area contributed by atoms with E-state index >= 15 is 0 Å². The summed E-state index contributed by atoms with van der Waals surface area (Å²) in [6, 6.07) is 7.15. The number of ether oxygens (including phenoxy) is 1. The highest BCUT2D eigenvalue weighted by molar-refractivity contribution is 5.77. The Morgan fingerprint density at radius 2 is 2.29 bits per heavy atom. The lowest BCUT2D eigenvalue weighted by Gasteiger charge is -2.12. The summed E-state index contributed by atoms with van der Waals surface area (Å²) in [5.74, 6) is -0.731. The van der Waals surface area contributed by atoms with E-state index < -0.39 is 5.82 Å². The number of benzene rings is 1. The van der Waals surface area contributed by atoms with Crippen molar-refractivity contribution in [2.24, 2.45) is 0 Å². The molecule has 1 aliphatic carbocycles. The zero-order valence-electron chi connectivity index (χ0n) is 11.7. The quantitative estimate of drug-likeness (QED) is 0.712. The van der Waals surface area contributed by atoms with Gasteiger partial charge in [-0.3, -0.25) is 4.79 Å². The van der Waals surface area contributed by atoms with Crippen molar-refractivity contribution in [3.05, 3.63) is 29.6 Å². The molecule has 0 spiro atoms. The maximum absolute atomic E-state index is 13.8. The summed E-state index contributed by atoms with van der Waals surface area (Å²) in [5.41, 5.74) is 0.701. The largest absolute Gasteiger partial charge is 0.480 e. The number of carbonyl (C=O) groups excluding carboxylic acids is 1. The van der Waals surface area contributed by atoms with Gasteiger partial charge >= 0.3 is 0 Å². The van der Waals surface area contributed by atoms with Gasteiger partial charge in [0.15, 0.2) is 18.2 Å². The van der Waals surface area contributed by atoms with E-state index in [0.717, 1.165) is 12.8 Å². The summed E-state index contributed by atoms with van der Waals surface area (Å²) in [6.07, 6.45) is 2.53. The molecule has 1 aromatic rings. The van der Waals surface area contributed by atoms with Crippen molar-refractivity contribution in [3.63, 3.8) is 0 Å². The first-order valence-electron chi connectivity index (χ1n) is 6.98. The average Bonchev–Trinajstić information content (AvgIpc) is 3.28. The van der Waals surface area contributed by atoms with Gasteiger partial charge in [-0.05, 0) is 18.9 Å². The number of halogens is 1. The highest BCUT2D eigenvalue weighted by Crippen LogP contribution is 2.25. The van der Waals surface area contributed by atoms with Crippen molar-refractivity contribution >= 4 is 5.91 Å². The molecule has 2 N–H and O–H groups in total. The van der Waals surface area contributed by atoms with Crippen LogP contribution in [0.25, 0.3) is 0 Å².